The zero-order chi connectivity index (χ0) is 11.8. The molecule has 0 aromatic heterocycles. The molecular formula is C10H7ClFNO3. The van der Waals surface area contributed by atoms with Crippen LogP contribution in [0.25, 0.3) is 0 Å². The number of carbonyl (C=O) groups is 1. The van der Waals surface area contributed by atoms with Crippen LogP contribution in [-0.2, 0) is 15.2 Å². The molecule has 1 aromatic rings. The first-order chi connectivity index (χ1) is 7.56. The Labute approximate surface area is 95.2 Å². The zero-order valence-electron chi connectivity index (χ0n) is 7.91. The summed E-state index contributed by atoms with van der Waals surface area (Å²) in [6.45, 7) is 0. The molecule has 0 bridgehead atoms. The van der Waals surface area contributed by atoms with E-state index in [1.54, 1.807) is 0 Å². The first-order valence-electron chi connectivity index (χ1n) is 4.36. The van der Waals surface area contributed by atoms with Crippen LogP contribution in [0.2, 0.25) is 5.02 Å². The molecule has 6 heteroatoms. The van der Waals surface area contributed by atoms with Gasteiger partial charge >= 0.3 is 5.97 Å². The van der Waals surface area contributed by atoms with Gasteiger partial charge in [-0.2, -0.15) is 0 Å². The van der Waals surface area contributed by atoms with Gasteiger partial charge in [0.15, 0.2) is 5.54 Å². The SMILES string of the molecule is O=C(O)C1(c2ccc(Cl)c(F)c2)C=CON1. The third-order valence-corrected chi connectivity index (χ3v) is 2.62. The highest BCUT2D eigenvalue weighted by molar-refractivity contribution is 6.30. The third kappa shape index (κ3) is 1.54. The summed E-state index contributed by atoms with van der Waals surface area (Å²) < 4.78 is 13.2. The summed E-state index contributed by atoms with van der Waals surface area (Å²) >= 11 is 5.52. The molecule has 2 rings (SSSR count). The van der Waals surface area contributed by atoms with E-state index in [0.717, 1.165) is 6.07 Å². The molecule has 0 radical (unpaired) electrons. The summed E-state index contributed by atoms with van der Waals surface area (Å²) in [6, 6.07) is 3.78. The Morgan fingerprint density at radius 1 is 1.56 bits per heavy atom. The lowest BCUT2D eigenvalue weighted by Gasteiger charge is -2.21. The van der Waals surface area contributed by atoms with Crippen LogP contribution in [0.5, 0.6) is 0 Å². The molecule has 0 aliphatic carbocycles. The topological polar surface area (TPSA) is 58.6 Å². The van der Waals surface area contributed by atoms with Crippen molar-refractivity contribution in [3.63, 3.8) is 0 Å². The van der Waals surface area contributed by atoms with Crippen molar-refractivity contribution in [3.05, 3.63) is 46.9 Å². The number of rotatable bonds is 2. The van der Waals surface area contributed by atoms with Gasteiger partial charge in [-0.15, -0.1) is 5.48 Å². The van der Waals surface area contributed by atoms with E-state index in [-0.39, 0.29) is 10.6 Å². The third-order valence-electron chi connectivity index (χ3n) is 2.32. The maximum atomic E-state index is 13.2. The van der Waals surface area contributed by atoms with Crippen molar-refractivity contribution in [1.29, 1.82) is 0 Å². The Balaban J connectivity index is 2.52. The van der Waals surface area contributed by atoms with E-state index < -0.39 is 17.3 Å². The maximum absolute atomic E-state index is 13.2. The molecule has 0 saturated carbocycles. The lowest BCUT2D eigenvalue weighted by Crippen LogP contribution is -2.44. The highest BCUT2D eigenvalue weighted by atomic mass is 35.5. The van der Waals surface area contributed by atoms with Crippen LogP contribution in [0.15, 0.2) is 30.5 Å². The minimum Gasteiger partial charge on any atom is -0.479 e. The summed E-state index contributed by atoms with van der Waals surface area (Å²) in [5.41, 5.74) is 0.952. The van der Waals surface area contributed by atoms with Crippen molar-refractivity contribution in [3.8, 4) is 0 Å². The van der Waals surface area contributed by atoms with Crippen LogP contribution in [0, 0.1) is 5.82 Å². The van der Waals surface area contributed by atoms with Crippen LogP contribution >= 0.6 is 11.6 Å². The molecule has 0 amide bonds. The van der Waals surface area contributed by atoms with Crippen LogP contribution in [0.1, 0.15) is 5.56 Å². The van der Waals surface area contributed by atoms with Crippen molar-refractivity contribution < 1.29 is 19.1 Å². The van der Waals surface area contributed by atoms with Crippen molar-refractivity contribution in [1.82, 2.24) is 5.48 Å². The molecule has 0 spiro atoms. The first kappa shape index (κ1) is 10.9. The van der Waals surface area contributed by atoms with Gasteiger partial charge in [0.1, 0.15) is 12.1 Å². The standard InChI is InChI=1S/C10H7ClFNO3/c11-7-2-1-6(5-8(7)12)10(9(14)15)3-4-16-13-10/h1-5,13H,(H,14,15). The van der Waals surface area contributed by atoms with E-state index in [1.165, 1.54) is 24.5 Å². The Kier molecular flexibility index (Phi) is 2.57. The Bertz CT molecular complexity index is 477. The average Bonchev–Trinajstić information content (AvgIpc) is 2.72. The minimum atomic E-state index is -1.56. The number of hydrogen-bond acceptors (Lipinski definition) is 3. The lowest BCUT2D eigenvalue weighted by atomic mass is 9.91. The fourth-order valence-corrected chi connectivity index (χ4v) is 1.55. The van der Waals surface area contributed by atoms with Crippen molar-refractivity contribution >= 4 is 17.6 Å². The molecular weight excluding hydrogens is 237 g/mol. The predicted molar refractivity (Wildman–Crippen MR) is 54.1 cm³/mol. The average molecular weight is 244 g/mol. The first-order valence-corrected chi connectivity index (χ1v) is 4.73. The van der Waals surface area contributed by atoms with E-state index in [2.05, 4.69) is 10.3 Å². The Morgan fingerprint density at radius 2 is 2.31 bits per heavy atom. The number of aliphatic carboxylic acids is 1. The zero-order valence-corrected chi connectivity index (χ0v) is 8.66. The number of nitrogens with one attached hydrogen (secondary N) is 1. The van der Waals surface area contributed by atoms with E-state index in [0.29, 0.717) is 0 Å². The summed E-state index contributed by atoms with van der Waals surface area (Å²) in [6.07, 6.45) is 2.48. The molecule has 1 aliphatic rings. The monoisotopic (exact) mass is 243 g/mol. The quantitative estimate of drug-likeness (QED) is 0.832. The fraction of sp³-hybridized carbons (Fsp3) is 0.100. The van der Waals surface area contributed by atoms with Gasteiger partial charge in [-0.1, -0.05) is 17.7 Å². The summed E-state index contributed by atoms with van der Waals surface area (Å²) in [5, 5.41) is 9.07. The van der Waals surface area contributed by atoms with Crippen molar-refractivity contribution in [2.24, 2.45) is 0 Å². The molecule has 16 heavy (non-hydrogen) atoms. The molecule has 84 valence electrons. The van der Waals surface area contributed by atoms with E-state index >= 15 is 0 Å². The van der Waals surface area contributed by atoms with Crippen LogP contribution < -0.4 is 5.48 Å². The number of hydrogen-bond donors (Lipinski definition) is 2. The van der Waals surface area contributed by atoms with Crippen LogP contribution in [0.3, 0.4) is 0 Å². The molecule has 1 unspecified atom stereocenters. The van der Waals surface area contributed by atoms with Crippen molar-refractivity contribution in [2.45, 2.75) is 5.54 Å². The Morgan fingerprint density at radius 3 is 2.81 bits per heavy atom. The normalized spacial score (nSPS) is 23.1. The number of hydroxylamine groups is 1. The highest BCUT2D eigenvalue weighted by Crippen LogP contribution is 2.29. The Hall–Kier alpha value is -1.59. The van der Waals surface area contributed by atoms with E-state index in [9.17, 15) is 9.18 Å². The number of halogens is 2. The highest BCUT2D eigenvalue weighted by Gasteiger charge is 2.42. The molecule has 2 N–H and O–H groups in total. The largest absolute Gasteiger partial charge is 0.479 e. The molecule has 4 nitrogen and oxygen atoms in total. The van der Waals surface area contributed by atoms with Gasteiger partial charge < -0.3 is 9.94 Å². The number of carboxylic acids is 1. The van der Waals surface area contributed by atoms with Gasteiger partial charge in [0, 0.05) is 0 Å². The van der Waals surface area contributed by atoms with Gasteiger partial charge in [-0.05, 0) is 23.8 Å². The van der Waals surface area contributed by atoms with E-state index in [1.807, 2.05) is 0 Å². The number of benzene rings is 1. The maximum Gasteiger partial charge on any atom is 0.336 e. The lowest BCUT2D eigenvalue weighted by molar-refractivity contribution is -0.146. The summed E-state index contributed by atoms with van der Waals surface area (Å²) in [7, 11) is 0. The van der Waals surface area contributed by atoms with E-state index in [4.69, 9.17) is 16.7 Å². The van der Waals surface area contributed by atoms with Crippen LogP contribution in [0.4, 0.5) is 4.39 Å². The second kappa shape index (κ2) is 3.77. The molecule has 1 heterocycles. The van der Waals surface area contributed by atoms with Gasteiger partial charge in [0.25, 0.3) is 0 Å². The van der Waals surface area contributed by atoms with Gasteiger partial charge in [-0.25, -0.2) is 9.18 Å². The molecule has 1 aliphatic heterocycles. The molecule has 0 saturated heterocycles. The second-order valence-electron chi connectivity index (χ2n) is 3.26. The molecule has 0 fully saturated rings. The minimum absolute atomic E-state index is 0.0628. The fourth-order valence-electron chi connectivity index (χ4n) is 1.43. The van der Waals surface area contributed by atoms with Gasteiger partial charge in [0.2, 0.25) is 0 Å². The van der Waals surface area contributed by atoms with Gasteiger partial charge in [-0.3, -0.25) is 0 Å². The molecule has 1 aromatic carbocycles. The molecule has 1 atom stereocenters. The van der Waals surface area contributed by atoms with Crippen LogP contribution in [-0.4, -0.2) is 11.1 Å². The second-order valence-corrected chi connectivity index (χ2v) is 3.67. The smallest absolute Gasteiger partial charge is 0.336 e. The van der Waals surface area contributed by atoms with Crippen molar-refractivity contribution in [2.75, 3.05) is 0 Å². The summed E-state index contributed by atoms with van der Waals surface area (Å²) in [5.74, 6) is -1.87. The predicted octanol–water partition coefficient (Wildman–Crippen LogP) is 1.81. The number of carboxylic acid groups (broad SMARTS) is 1. The van der Waals surface area contributed by atoms with Gasteiger partial charge in [0.05, 0.1) is 5.02 Å². The summed E-state index contributed by atoms with van der Waals surface area (Å²) in [4.78, 5) is 15.9.